The van der Waals surface area contributed by atoms with E-state index in [-0.39, 0.29) is 17.7 Å². The topological polar surface area (TPSA) is 32.3 Å². The summed E-state index contributed by atoms with van der Waals surface area (Å²) in [6, 6.07) is 3.36. The first kappa shape index (κ1) is 11.9. The molecule has 0 atom stereocenters. The second-order valence-electron chi connectivity index (χ2n) is 4.30. The van der Waals surface area contributed by atoms with Gasteiger partial charge in [0.2, 0.25) is 0 Å². The Labute approximate surface area is 87.9 Å². The summed E-state index contributed by atoms with van der Waals surface area (Å²) in [6.45, 7) is 4.12. The minimum Gasteiger partial charge on any atom is -0.396 e. The lowest BCUT2D eigenvalue weighted by atomic mass is 9.95. The lowest BCUT2D eigenvalue weighted by molar-refractivity contribution is 0.170. The molecule has 0 radical (unpaired) electrons. The minimum atomic E-state index is -0.622. The van der Waals surface area contributed by atoms with Crippen molar-refractivity contribution < 1.29 is 13.9 Å². The summed E-state index contributed by atoms with van der Waals surface area (Å²) in [4.78, 5) is 0. The van der Waals surface area contributed by atoms with Crippen LogP contribution in [0.4, 0.5) is 14.5 Å². The van der Waals surface area contributed by atoms with Gasteiger partial charge in [-0.3, -0.25) is 0 Å². The second-order valence-corrected chi connectivity index (χ2v) is 4.30. The summed E-state index contributed by atoms with van der Waals surface area (Å²) >= 11 is 0. The van der Waals surface area contributed by atoms with Gasteiger partial charge in [-0.15, -0.1) is 0 Å². The summed E-state index contributed by atoms with van der Waals surface area (Å²) in [5.74, 6) is -1.22. The zero-order valence-corrected chi connectivity index (χ0v) is 8.85. The molecule has 0 aliphatic carbocycles. The Morgan fingerprint density at radius 1 is 1.33 bits per heavy atom. The molecule has 0 bridgehead atoms. The van der Waals surface area contributed by atoms with Crippen molar-refractivity contribution in [2.45, 2.75) is 13.8 Å². The number of aliphatic hydroxyl groups excluding tert-OH is 1. The lowest BCUT2D eigenvalue weighted by Gasteiger charge is -2.22. The number of hydrogen-bond donors (Lipinski definition) is 2. The van der Waals surface area contributed by atoms with Gasteiger partial charge >= 0.3 is 0 Å². The van der Waals surface area contributed by atoms with Crippen LogP contribution in [0.5, 0.6) is 0 Å². The molecular weight excluding hydrogens is 200 g/mol. The number of aliphatic hydroxyl groups is 1. The van der Waals surface area contributed by atoms with Crippen LogP contribution < -0.4 is 5.32 Å². The summed E-state index contributed by atoms with van der Waals surface area (Å²) in [5, 5.41) is 11.8. The number of anilines is 1. The highest BCUT2D eigenvalue weighted by molar-refractivity contribution is 5.44. The molecule has 0 amide bonds. The van der Waals surface area contributed by atoms with Crippen LogP contribution in [0, 0.1) is 17.0 Å². The average molecular weight is 215 g/mol. The molecule has 84 valence electrons. The van der Waals surface area contributed by atoms with E-state index < -0.39 is 11.6 Å². The molecule has 0 aliphatic heterocycles. The van der Waals surface area contributed by atoms with E-state index in [1.807, 2.05) is 13.8 Å². The van der Waals surface area contributed by atoms with Crippen molar-refractivity contribution >= 4 is 5.69 Å². The zero-order chi connectivity index (χ0) is 11.5. The predicted octanol–water partition coefficient (Wildman–Crippen LogP) is 2.40. The fourth-order valence-electron chi connectivity index (χ4n) is 1.02. The Morgan fingerprint density at radius 3 is 2.53 bits per heavy atom. The molecule has 0 heterocycles. The predicted molar refractivity (Wildman–Crippen MR) is 55.7 cm³/mol. The van der Waals surface area contributed by atoms with Crippen molar-refractivity contribution in [1.29, 1.82) is 0 Å². The van der Waals surface area contributed by atoms with E-state index in [9.17, 15) is 8.78 Å². The van der Waals surface area contributed by atoms with Gasteiger partial charge in [-0.2, -0.15) is 0 Å². The van der Waals surface area contributed by atoms with Gasteiger partial charge in [0.1, 0.15) is 11.6 Å². The molecule has 0 saturated heterocycles. The summed E-state index contributed by atoms with van der Waals surface area (Å²) in [5.41, 5.74) is -0.0844. The molecule has 1 aromatic carbocycles. The minimum absolute atomic E-state index is 0.00279. The van der Waals surface area contributed by atoms with Gasteiger partial charge in [-0.25, -0.2) is 8.78 Å². The number of halogens is 2. The van der Waals surface area contributed by atoms with Crippen molar-refractivity contribution in [3.05, 3.63) is 29.8 Å². The molecule has 1 aromatic rings. The smallest absolute Gasteiger partial charge is 0.149 e. The van der Waals surface area contributed by atoms with E-state index in [0.29, 0.717) is 6.54 Å². The first-order valence-electron chi connectivity index (χ1n) is 4.74. The number of nitrogens with one attached hydrogen (secondary N) is 1. The van der Waals surface area contributed by atoms with Gasteiger partial charge in [0.15, 0.2) is 0 Å². The Kier molecular flexibility index (Phi) is 3.63. The molecule has 0 aromatic heterocycles. The van der Waals surface area contributed by atoms with E-state index in [1.54, 1.807) is 0 Å². The number of rotatable bonds is 4. The third-order valence-electron chi connectivity index (χ3n) is 2.12. The van der Waals surface area contributed by atoms with E-state index >= 15 is 0 Å². The van der Waals surface area contributed by atoms with Gasteiger partial charge < -0.3 is 10.4 Å². The quantitative estimate of drug-likeness (QED) is 0.808. The van der Waals surface area contributed by atoms with Crippen LogP contribution >= 0.6 is 0 Å². The summed E-state index contributed by atoms with van der Waals surface area (Å²) < 4.78 is 25.7. The van der Waals surface area contributed by atoms with Crippen LogP contribution in [-0.4, -0.2) is 18.3 Å². The van der Waals surface area contributed by atoms with Crippen LogP contribution in [0.25, 0.3) is 0 Å². The van der Waals surface area contributed by atoms with Gasteiger partial charge in [-0.05, 0) is 12.1 Å². The molecule has 0 fully saturated rings. The second kappa shape index (κ2) is 4.57. The van der Waals surface area contributed by atoms with Crippen LogP contribution in [-0.2, 0) is 0 Å². The van der Waals surface area contributed by atoms with E-state index in [2.05, 4.69) is 5.32 Å². The highest BCUT2D eigenvalue weighted by atomic mass is 19.1. The van der Waals surface area contributed by atoms with E-state index in [0.717, 1.165) is 6.07 Å². The van der Waals surface area contributed by atoms with Crippen molar-refractivity contribution in [2.24, 2.45) is 5.41 Å². The first-order valence-corrected chi connectivity index (χ1v) is 4.74. The molecule has 4 heteroatoms. The molecule has 0 unspecified atom stereocenters. The van der Waals surface area contributed by atoms with E-state index in [4.69, 9.17) is 5.11 Å². The molecular formula is C11H15F2NO. The highest BCUT2D eigenvalue weighted by Crippen LogP contribution is 2.19. The monoisotopic (exact) mass is 215 g/mol. The maximum Gasteiger partial charge on any atom is 0.149 e. The Balaban J connectivity index is 2.66. The molecule has 1 rings (SSSR count). The van der Waals surface area contributed by atoms with Crippen molar-refractivity contribution in [2.75, 3.05) is 18.5 Å². The normalized spacial score (nSPS) is 11.5. The van der Waals surface area contributed by atoms with Gasteiger partial charge in [0.05, 0.1) is 5.69 Å². The Bertz CT molecular complexity index is 339. The van der Waals surface area contributed by atoms with Gasteiger partial charge in [0.25, 0.3) is 0 Å². The molecule has 2 N–H and O–H groups in total. The number of hydrogen-bond acceptors (Lipinski definition) is 2. The van der Waals surface area contributed by atoms with Gasteiger partial charge in [-0.1, -0.05) is 13.8 Å². The number of benzene rings is 1. The third-order valence-corrected chi connectivity index (χ3v) is 2.12. The third kappa shape index (κ3) is 3.47. The standard InChI is InChI=1S/C11H15F2NO/c1-11(2,7-15)6-14-10-4-3-8(12)5-9(10)13/h3-5,14-15H,6-7H2,1-2H3. The Morgan fingerprint density at radius 2 is 2.00 bits per heavy atom. The molecule has 0 saturated carbocycles. The molecule has 0 aliphatic rings. The van der Waals surface area contributed by atoms with Crippen LogP contribution in [0.2, 0.25) is 0 Å². The summed E-state index contributed by atoms with van der Waals surface area (Å²) in [6.07, 6.45) is 0. The fraction of sp³-hybridized carbons (Fsp3) is 0.455. The summed E-state index contributed by atoms with van der Waals surface area (Å²) in [7, 11) is 0. The molecule has 15 heavy (non-hydrogen) atoms. The highest BCUT2D eigenvalue weighted by Gasteiger charge is 2.16. The van der Waals surface area contributed by atoms with Crippen LogP contribution in [0.1, 0.15) is 13.8 Å². The van der Waals surface area contributed by atoms with Crippen LogP contribution in [0.3, 0.4) is 0 Å². The van der Waals surface area contributed by atoms with Crippen molar-refractivity contribution in [3.8, 4) is 0 Å². The Hall–Kier alpha value is -1.16. The average Bonchev–Trinajstić information content (AvgIpc) is 2.16. The SMILES string of the molecule is CC(C)(CO)CNc1ccc(F)cc1F. The van der Waals surface area contributed by atoms with Crippen LogP contribution in [0.15, 0.2) is 18.2 Å². The van der Waals surface area contributed by atoms with Gasteiger partial charge in [0, 0.05) is 24.6 Å². The maximum atomic E-state index is 13.2. The molecule has 2 nitrogen and oxygen atoms in total. The largest absolute Gasteiger partial charge is 0.396 e. The lowest BCUT2D eigenvalue weighted by Crippen LogP contribution is -2.27. The zero-order valence-electron chi connectivity index (χ0n) is 8.85. The van der Waals surface area contributed by atoms with Crippen molar-refractivity contribution in [3.63, 3.8) is 0 Å². The fourth-order valence-corrected chi connectivity index (χ4v) is 1.02. The molecule has 0 spiro atoms. The maximum absolute atomic E-state index is 13.2. The first-order chi connectivity index (χ1) is 6.94. The van der Waals surface area contributed by atoms with E-state index in [1.165, 1.54) is 12.1 Å². The van der Waals surface area contributed by atoms with Crippen molar-refractivity contribution in [1.82, 2.24) is 0 Å².